The maximum atomic E-state index is 11.9. The zero-order chi connectivity index (χ0) is 15.8. The molecule has 2 N–H and O–H groups in total. The Bertz CT molecular complexity index is 670. The highest BCUT2D eigenvalue weighted by Crippen LogP contribution is 2.15. The van der Waals surface area contributed by atoms with E-state index >= 15 is 0 Å². The van der Waals surface area contributed by atoms with Crippen LogP contribution in [-0.4, -0.2) is 24.0 Å². The summed E-state index contributed by atoms with van der Waals surface area (Å²) in [6, 6.07) is 10.7. The highest BCUT2D eigenvalue weighted by molar-refractivity contribution is 7.71. The molecule has 0 aliphatic heterocycles. The molecular formula is C16H17ClN2O2S. The van der Waals surface area contributed by atoms with Crippen LogP contribution in [0.2, 0.25) is 5.02 Å². The standard InChI is InChI=1S/C16H17ClN2O2S/c17-12-5-7-13(8-6-12)21-11-2-1-9-18-15(20)14-4-3-10-19-16(14)22/h3-8,10H,1-2,9,11H2,(H,18,20)(H,19,22). The summed E-state index contributed by atoms with van der Waals surface area (Å²) in [5.74, 6) is 0.643. The summed E-state index contributed by atoms with van der Waals surface area (Å²) < 4.78 is 6.03. The van der Waals surface area contributed by atoms with Crippen molar-refractivity contribution in [2.45, 2.75) is 12.8 Å². The van der Waals surface area contributed by atoms with E-state index in [2.05, 4.69) is 10.3 Å². The topological polar surface area (TPSA) is 54.1 Å². The summed E-state index contributed by atoms with van der Waals surface area (Å²) in [4.78, 5) is 14.7. The number of carbonyl (C=O) groups excluding carboxylic acids is 1. The fraction of sp³-hybridized carbons (Fsp3) is 0.250. The molecule has 0 spiro atoms. The second kappa shape index (κ2) is 8.56. The molecule has 0 aliphatic carbocycles. The largest absolute Gasteiger partial charge is 0.494 e. The van der Waals surface area contributed by atoms with Crippen LogP contribution in [0, 0.1) is 4.64 Å². The fourth-order valence-electron chi connectivity index (χ4n) is 1.85. The molecule has 2 rings (SSSR count). The lowest BCUT2D eigenvalue weighted by Crippen LogP contribution is -2.25. The number of aromatic amines is 1. The van der Waals surface area contributed by atoms with Gasteiger partial charge in [-0.2, -0.15) is 0 Å². The second-order valence-corrected chi connectivity index (χ2v) is 5.52. The first-order chi connectivity index (χ1) is 10.7. The predicted octanol–water partition coefficient (Wildman–Crippen LogP) is 3.99. The van der Waals surface area contributed by atoms with Gasteiger partial charge in [0.15, 0.2) is 0 Å². The van der Waals surface area contributed by atoms with E-state index < -0.39 is 0 Å². The van der Waals surface area contributed by atoms with Crippen LogP contribution in [0.25, 0.3) is 0 Å². The number of carbonyl (C=O) groups is 1. The van der Waals surface area contributed by atoms with Crippen LogP contribution in [0.15, 0.2) is 42.6 Å². The average Bonchev–Trinajstić information content (AvgIpc) is 2.52. The molecule has 1 aromatic carbocycles. The third-order valence-corrected chi connectivity index (χ3v) is 3.59. The SMILES string of the molecule is O=C(NCCCCOc1ccc(Cl)cc1)c1ccc[nH]c1=S. The van der Waals surface area contributed by atoms with E-state index in [4.69, 9.17) is 28.6 Å². The van der Waals surface area contributed by atoms with Crippen LogP contribution < -0.4 is 10.1 Å². The van der Waals surface area contributed by atoms with Crippen molar-refractivity contribution in [3.05, 3.63) is 57.8 Å². The third kappa shape index (κ3) is 5.16. The minimum Gasteiger partial charge on any atom is -0.494 e. The number of amides is 1. The van der Waals surface area contributed by atoms with Gasteiger partial charge in [0.25, 0.3) is 5.91 Å². The Labute approximate surface area is 139 Å². The van der Waals surface area contributed by atoms with Gasteiger partial charge in [0.05, 0.1) is 12.2 Å². The van der Waals surface area contributed by atoms with Gasteiger partial charge in [-0.1, -0.05) is 23.8 Å². The lowest BCUT2D eigenvalue weighted by Gasteiger charge is -2.07. The van der Waals surface area contributed by atoms with Gasteiger partial charge in [-0.25, -0.2) is 0 Å². The van der Waals surface area contributed by atoms with Crippen molar-refractivity contribution in [3.63, 3.8) is 0 Å². The maximum Gasteiger partial charge on any atom is 0.254 e. The minimum atomic E-state index is -0.152. The number of rotatable bonds is 7. The quantitative estimate of drug-likeness (QED) is 0.594. The Morgan fingerprint density at radius 1 is 1.23 bits per heavy atom. The summed E-state index contributed by atoms with van der Waals surface area (Å²) >= 11 is 10.9. The van der Waals surface area contributed by atoms with Crippen LogP contribution in [0.4, 0.5) is 0 Å². The third-order valence-electron chi connectivity index (χ3n) is 3.00. The van der Waals surface area contributed by atoms with Gasteiger partial charge in [0.1, 0.15) is 10.4 Å². The Kier molecular flexibility index (Phi) is 6.43. The molecule has 1 heterocycles. The van der Waals surface area contributed by atoms with E-state index in [9.17, 15) is 4.79 Å². The van der Waals surface area contributed by atoms with Gasteiger partial charge in [0, 0.05) is 17.8 Å². The molecule has 0 saturated carbocycles. The van der Waals surface area contributed by atoms with Crippen molar-refractivity contribution in [3.8, 4) is 5.75 Å². The molecule has 0 fully saturated rings. The van der Waals surface area contributed by atoms with Gasteiger partial charge >= 0.3 is 0 Å². The molecule has 0 unspecified atom stereocenters. The number of hydrogen-bond acceptors (Lipinski definition) is 3. The van der Waals surface area contributed by atoms with Crippen molar-refractivity contribution in [1.29, 1.82) is 0 Å². The second-order valence-electron chi connectivity index (χ2n) is 4.68. The molecule has 4 nitrogen and oxygen atoms in total. The Morgan fingerprint density at radius 3 is 2.73 bits per heavy atom. The van der Waals surface area contributed by atoms with E-state index in [-0.39, 0.29) is 5.91 Å². The Morgan fingerprint density at radius 2 is 2.00 bits per heavy atom. The van der Waals surface area contributed by atoms with Crippen molar-refractivity contribution in [1.82, 2.24) is 10.3 Å². The molecule has 116 valence electrons. The van der Waals surface area contributed by atoms with E-state index in [1.165, 1.54) is 0 Å². The van der Waals surface area contributed by atoms with Crippen LogP contribution in [0.5, 0.6) is 5.75 Å². The molecule has 22 heavy (non-hydrogen) atoms. The van der Waals surface area contributed by atoms with E-state index in [0.717, 1.165) is 18.6 Å². The molecule has 0 radical (unpaired) electrons. The van der Waals surface area contributed by atoms with E-state index in [1.54, 1.807) is 30.5 Å². The smallest absolute Gasteiger partial charge is 0.254 e. The highest BCUT2D eigenvalue weighted by Gasteiger charge is 2.05. The van der Waals surface area contributed by atoms with Gasteiger partial charge in [-0.05, 0) is 49.2 Å². The Balaban J connectivity index is 1.63. The lowest BCUT2D eigenvalue weighted by atomic mass is 10.2. The zero-order valence-electron chi connectivity index (χ0n) is 12.0. The molecule has 1 amide bonds. The molecular weight excluding hydrogens is 320 g/mol. The van der Waals surface area contributed by atoms with Gasteiger partial charge in [0.2, 0.25) is 0 Å². The number of pyridine rings is 1. The number of halogens is 1. The number of ether oxygens (including phenoxy) is 1. The summed E-state index contributed by atoms with van der Waals surface area (Å²) in [5.41, 5.74) is 0.495. The number of hydrogen-bond donors (Lipinski definition) is 2. The average molecular weight is 337 g/mol. The van der Waals surface area contributed by atoms with Crippen LogP contribution in [0.3, 0.4) is 0 Å². The van der Waals surface area contributed by atoms with Crippen molar-refractivity contribution in [2.75, 3.05) is 13.2 Å². The van der Waals surface area contributed by atoms with E-state index in [1.807, 2.05) is 12.1 Å². The highest BCUT2D eigenvalue weighted by atomic mass is 35.5. The predicted molar refractivity (Wildman–Crippen MR) is 90.1 cm³/mol. The normalized spacial score (nSPS) is 10.2. The summed E-state index contributed by atoms with van der Waals surface area (Å²) in [7, 11) is 0. The van der Waals surface area contributed by atoms with Crippen LogP contribution in [-0.2, 0) is 0 Å². The minimum absolute atomic E-state index is 0.152. The lowest BCUT2D eigenvalue weighted by molar-refractivity contribution is 0.0951. The van der Waals surface area contributed by atoms with Crippen molar-refractivity contribution < 1.29 is 9.53 Å². The van der Waals surface area contributed by atoms with Gasteiger partial charge in [-0.15, -0.1) is 0 Å². The number of unbranched alkanes of at least 4 members (excludes halogenated alkanes) is 1. The first-order valence-electron chi connectivity index (χ1n) is 7.01. The first-order valence-corrected chi connectivity index (χ1v) is 7.80. The molecule has 6 heteroatoms. The number of nitrogens with one attached hydrogen (secondary N) is 2. The molecule has 0 aliphatic rings. The van der Waals surface area contributed by atoms with Gasteiger partial charge < -0.3 is 15.0 Å². The summed E-state index contributed by atoms with van der Waals surface area (Å²) in [5, 5.41) is 3.54. The molecule has 2 aromatic rings. The summed E-state index contributed by atoms with van der Waals surface area (Å²) in [6.07, 6.45) is 3.39. The maximum absolute atomic E-state index is 11.9. The van der Waals surface area contributed by atoms with E-state index in [0.29, 0.717) is 28.4 Å². The van der Waals surface area contributed by atoms with Crippen molar-refractivity contribution in [2.24, 2.45) is 0 Å². The fourth-order valence-corrected chi connectivity index (χ4v) is 2.20. The first kappa shape index (κ1) is 16.5. The number of benzene rings is 1. The summed E-state index contributed by atoms with van der Waals surface area (Å²) in [6.45, 7) is 1.19. The number of H-pyrrole nitrogens is 1. The Hall–Kier alpha value is -1.85. The monoisotopic (exact) mass is 336 g/mol. The van der Waals surface area contributed by atoms with Crippen molar-refractivity contribution >= 4 is 29.7 Å². The molecule has 1 aromatic heterocycles. The molecule has 0 atom stereocenters. The van der Waals surface area contributed by atoms with Crippen LogP contribution >= 0.6 is 23.8 Å². The molecule has 0 saturated heterocycles. The number of aromatic nitrogens is 1. The van der Waals surface area contributed by atoms with Crippen LogP contribution in [0.1, 0.15) is 23.2 Å². The molecule has 0 bridgehead atoms. The zero-order valence-corrected chi connectivity index (χ0v) is 13.5. The van der Waals surface area contributed by atoms with Gasteiger partial charge in [-0.3, -0.25) is 4.79 Å².